The van der Waals surface area contributed by atoms with Crippen molar-refractivity contribution in [3.8, 4) is 0 Å². The molecule has 9 heteroatoms. The second-order valence-electron chi connectivity index (χ2n) is 7.19. The maximum absolute atomic E-state index is 12.9. The molecule has 1 fully saturated rings. The Morgan fingerprint density at radius 3 is 2.38 bits per heavy atom. The zero-order chi connectivity index (χ0) is 20.1. The van der Waals surface area contributed by atoms with Crippen molar-refractivity contribution >= 4 is 35.6 Å². The molecule has 0 saturated carbocycles. The average Bonchev–Trinajstić information content (AvgIpc) is 3.23. The molecule has 1 aromatic rings. The van der Waals surface area contributed by atoms with Gasteiger partial charge >= 0.3 is 6.18 Å². The molecule has 29 heavy (non-hydrogen) atoms. The van der Waals surface area contributed by atoms with Crippen molar-refractivity contribution in [2.75, 3.05) is 51.2 Å². The molecule has 0 aliphatic carbocycles. The zero-order valence-electron chi connectivity index (χ0n) is 16.8. The minimum atomic E-state index is -4.18. The molecule has 1 aromatic carbocycles. The summed E-state index contributed by atoms with van der Waals surface area (Å²) in [7, 11) is 1.71. The quantitative estimate of drug-likeness (QED) is 0.284. The third kappa shape index (κ3) is 6.24. The lowest BCUT2D eigenvalue weighted by Crippen LogP contribution is -2.56. The molecular formula is C20H29F3IN5. The van der Waals surface area contributed by atoms with Crippen LogP contribution in [0, 0.1) is 0 Å². The van der Waals surface area contributed by atoms with E-state index in [2.05, 4.69) is 45.6 Å². The van der Waals surface area contributed by atoms with Crippen molar-refractivity contribution < 1.29 is 13.2 Å². The Bertz CT molecular complexity index is 706. The first-order chi connectivity index (χ1) is 13.4. The number of guanidine groups is 1. The van der Waals surface area contributed by atoms with E-state index in [1.165, 1.54) is 17.5 Å². The molecule has 2 heterocycles. The van der Waals surface area contributed by atoms with Gasteiger partial charge in [0.25, 0.3) is 0 Å². The first-order valence-electron chi connectivity index (χ1n) is 9.63. The molecule has 162 valence electrons. The number of hydrogen-bond acceptors (Lipinski definition) is 3. The van der Waals surface area contributed by atoms with Crippen LogP contribution in [0.25, 0.3) is 0 Å². The Hall–Kier alpha value is -1.49. The highest BCUT2D eigenvalue weighted by Gasteiger charge is 2.41. The van der Waals surface area contributed by atoms with E-state index in [1.54, 1.807) is 7.05 Å². The van der Waals surface area contributed by atoms with Crippen LogP contribution in [0.1, 0.15) is 12.5 Å². The van der Waals surface area contributed by atoms with Crippen LogP contribution < -0.4 is 10.2 Å². The first kappa shape index (κ1) is 23.8. The summed E-state index contributed by atoms with van der Waals surface area (Å²) < 4.78 is 38.7. The molecule has 0 amide bonds. The van der Waals surface area contributed by atoms with Gasteiger partial charge in [0, 0.05) is 58.5 Å². The molecule has 0 bridgehead atoms. The van der Waals surface area contributed by atoms with E-state index in [1.807, 2.05) is 11.0 Å². The number of benzene rings is 1. The van der Waals surface area contributed by atoms with Gasteiger partial charge in [-0.15, -0.1) is 24.0 Å². The minimum absolute atomic E-state index is 0. The summed E-state index contributed by atoms with van der Waals surface area (Å²) in [5.74, 6) is 0.729. The van der Waals surface area contributed by atoms with Crippen LogP contribution in [0.3, 0.4) is 0 Å². The summed E-state index contributed by atoms with van der Waals surface area (Å²) in [6.07, 6.45) is 0.135. The van der Waals surface area contributed by atoms with Gasteiger partial charge < -0.3 is 15.1 Å². The highest BCUT2D eigenvalue weighted by atomic mass is 127. The number of nitrogens with one attached hydrogen (secondary N) is 1. The van der Waals surface area contributed by atoms with Crippen molar-refractivity contribution in [3.05, 3.63) is 42.0 Å². The number of aliphatic imine (C=N–C) groups is 1. The Kier molecular flexibility index (Phi) is 8.62. The van der Waals surface area contributed by atoms with Crippen LogP contribution >= 0.6 is 24.0 Å². The number of rotatable bonds is 4. The Labute approximate surface area is 187 Å². The fraction of sp³-hybridized carbons (Fsp3) is 0.550. The minimum Gasteiger partial charge on any atom is -0.364 e. The molecule has 1 saturated heterocycles. The number of hydrogen-bond donors (Lipinski definition) is 1. The molecule has 0 spiro atoms. The zero-order valence-corrected chi connectivity index (χ0v) is 19.2. The van der Waals surface area contributed by atoms with E-state index in [4.69, 9.17) is 0 Å². The van der Waals surface area contributed by atoms with E-state index in [9.17, 15) is 13.2 Å². The number of piperazine rings is 1. The van der Waals surface area contributed by atoms with Crippen molar-refractivity contribution in [1.29, 1.82) is 0 Å². The van der Waals surface area contributed by atoms with Crippen molar-refractivity contribution in [3.63, 3.8) is 0 Å². The molecule has 1 N–H and O–H groups in total. The van der Waals surface area contributed by atoms with Crippen molar-refractivity contribution in [1.82, 2.24) is 15.1 Å². The van der Waals surface area contributed by atoms with E-state index in [0.29, 0.717) is 32.7 Å². The predicted octanol–water partition coefficient (Wildman–Crippen LogP) is 3.32. The largest absolute Gasteiger partial charge is 0.403 e. The number of anilines is 1. The SMILES string of the molecule is CN=C(NCc1cccc(N2CC=CC2)c1)N1CCN(C(C)C(F)(F)F)CC1.I. The third-order valence-electron chi connectivity index (χ3n) is 5.39. The Morgan fingerprint density at radius 2 is 1.79 bits per heavy atom. The lowest BCUT2D eigenvalue weighted by atomic mass is 10.2. The summed E-state index contributed by atoms with van der Waals surface area (Å²) in [6.45, 7) is 5.52. The van der Waals surface area contributed by atoms with E-state index in [-0.39, 0.29) is 24.0 Å². The molecule has 3 rings (SSSR count). The van der Waals surface area contributed by atoms with Gasteiger partial charge in [-0.1, -0.05) is 24.3 Å². The molecule has 1 unspecified atom stereocenters. The summed E-state index contributed by atoms with van der Waals surface area (Å²) in [5.41, 5.74) is 2.34. The van der Waals surface area contributed by atoms with Crippen LogP contribution in [0.4, 0.5) is 18.9 Å². The molecular weight excluding hydrogens is 494 g/mol. The summed E-state index contributed by atoms with van der Waals surface area (Å²) in [6, 6.07) is 6.97. The third-order valence-corrected chi connectivity index (χ3v) is 5.39. The second kappa shape index (κ2) is 10.5. The van der Waals surface area contributed by atoms with Gasteiger partial charge in [-0.2, -0.15) is 13.2 Å². The second-order valence-corrected chi connectivity index (χ2v) is 7.19. The monoisotopic (exact) mass is 523 g/mol. The topological polar surface area (TPSA) is 34.1 Å². The molecule has 2 aliphatic rings. The lowest BCUT2D eigenvalue weighted by Gasteiger charge is -2.39. The highest BCUT2D eigenvalue weighted by Crippen LogP contribution is 2.25. The Morgan fingerprint density at radius 1 is 1.14 bits per heavy atom. The number of alkyl halides is 3. The lowest BCUT2D eigenvalue weighted by molar-refractivity contribution is -0.181. The molecule has 2 aliphatic heterocycles. The van der Waals surface area contributed by atoms with Gasteiger partial charge in [0.05, 0.1) is 0 Å². The fourth-order valence-electron chi connectivity index (χ4n) is 3.59. The maximum Gasteiger partial charge on any atom is 0.403 e. The van der Waals surface area contributed by atoms with Crippen molar-refractivity contribution in [2.45, 2.75) is 25.7 Å². The van der Waals surface area contributed by atoms with Gasteiger partial charge in [-0.25, -0.2) is 0 Å². The predicted molar refractivity (Wildman–Crippen MR) is 122 cm³/mol. The molecule has 1 atom stereocenters. The van der Waals surface area contributed by atoms with E-state index in [0.717, 1.165) is 24.6 Å². The van der Waals surface area contributed by atoms with Gasteiger partial charge in [-0.05, 0) is 24.6 Å². The summed E-state index contributed by atoms with van der Waals surface area (Å²) >= 11 is 0. The van der Waals surface area contributed by atoms with Crippen LogP contribution in [0.5, 0.6) is 0 Å². The number of nitrogens with zero attached hydrogens (tertiary/aromatic N) is 4. The smallest absolute Gasteiger partial charge is 0.364 e. The Balaban J connectivity index is 0.00000300. The highest BCUT2D eigenvalue weighted by molar-refractivity contribution is 14.0. The summed E-state index contributed by atoms with van der Waals surface area (Å²) in [4.78, 5) is 10.1. The van der Waals surface area contributed by atoms with Crippen LogP contribution in [-0.4, -0.2) is 74.3 Å². The van der Waals surface area contributed by atoms with Gasteiger partial charge in [-0.3, -0.25) is 9.89 Å². The first-order valence-corrected chi connectivity index (χ1v) is 9.63. The molecule has 0 aromatic heterocycles. The maximum atomic E-state index is 12.9. The van der Waals surface area contributed by atoms with Gasteiger partial charge in [0.15, 0.2) is 5.96 Å². The number of halogens is 4. The van der Waals surface area contributed by atoms with Gasteiger partial charge in [0.1, 0.15) is 6.04 Å². The van der Waals surface area contributed by atoms with Gasteiger partial charge in [0.2, 0.25) is 0 Å². The van der Waals surface area contributed by atoms with Crippen LogP contribution in [0.2, 0.25) is 0 Å². The van der Waals surface area contributed by atoms with Crippen LogP contribution in [0.15, 0.2) is 41.4 Å². The van der Waals surface area contributed by atoms with E-state index >= 15 is 0 Å². The summed E-state index contributed by atoms with van der Waals surface area (Å²) in [5, 5.41) is 3.35. The molecule has 0 radical (unpaired) electrons. The normalized spacial score (nSPS) is 19.3. The van der Waals surface area contributed by atoms with E-state index < -0.39 is 12.2 Å². The fourth-order valence-corrected chi connectivity index (χ4v) is 3.59. The van der Waals surface area contributed by atoms with Crippen molar-refractivity contribution in [2.24, 2.45) is 4.99 Å². The average molecular weight is 523 g/mol. The standard InChI is InChI=1S/C20H28F3N5.HI/c1-16(20(21,22)23)26-10-12-28(13-11-26)19(24-2)25-15-17-6-5-7-18(14-17)27-8-3-4-9-27;/h3-7,14,16H,8-13,15H2,1-2H3,(H,24,25);1H. The van der Waals surface area contributed by atoms with Crippen LogP contribution in [-0.2, 0) is 6.54 Å². The molecule has 5 nitrogen and oxygen atoms in total.